The second-order valence-corrected chi connectivity index (χ2v) is 5.47. The van der Waals surface area contributed by atoms with E-state index < -0.39 is 11.9 Å². The van der Waals surface area contributed by atoms with Crippen molar-refractivity contribution in [2.24, 2.45) is 5.73 Å². The number of aromatic nitrogens is 2. The van der Waals surface area contributed by atoms with E-state index in [1.807, 2.05) is 60.0 Å². The lowest BCUT2D eigenvalue weighted by atomic mass is 10.2. The van der Waals surface area contributed by atoms with Crippen LogP contribution in [0, 0.1) is 6.92 Å². The van der Waals surface area contributed by atoms with Crippen LogP contribution in [0.25, 0.3) is 16.7 Å². The molecule has 0 unspecified atom stereocenters. The molecule has 1 amide bonds. The van der Waals surface area contributed by atoms with Crippen molar-refractivity contribution in [1.29, 1.82) is 0 Å². The van der Waals surface area contributed by atoms with Gasteiger partial charge in [0.15, 0.2) is 0 Å². The molecule has 0 bridgehead atoms. The van der Waals surface area contributed by atoms with Crippen molar-refractivity contribution in [1.82, 2.24) is 15.0 Å². The van der Waals surface area contributed by atoms with Crippen LogP contribution in [0.5, 0.6) is 0 Å². The highest BCUT2D eigenvalue weighted by atomic mass is 16.5. The Morgan fingerprint density at radius 2 is 1.96 bits per heavy atom. The zero-order valence-corrected chi connectivity index (χ0v) is 12.7. The summed E-state index contributed by atoms with van der Waals surface area (Å²) in [6.07, 6.45) is 0.217. The molecular formula is C17H18N4O2. The van der Waals surface area contributed by atoms with Crippen LogP contribution in [0.1, 0.15) is 11.4 Å². The SMILES string of the molecule is Cc1ccc(-n2c(C[C@H](N)C(=O)NO)nc3ccccc32)cc1. The van der Waals surface area contributed by atoms with Gasteiger partial charge in [-0.2, -0.15) is 0 Å². The highest BCUT2D eigenvalue weighted by Crippen LogP contribution is 2.22. The van der Waals surface area contributed by atoms with Gasteiger partial charge in [0.1, 0.15) is 5.82 Å². The monoisotopic (exact) mass is 310 g/mol. The lowest BCUT2D eigenvalue weighted by Crippen LogP contribution is -2.41. The maximum absolute atomic E-state index is 11.5. The van der Waals surface area contributed by atoms with E-state index in [4.69, 9.17) is 10.9 Å². The smallest absolute Gasteiger partial charge is 0.260 e. The van der Waals surface area contributed by atoms with Crippen LogP contribution in [0.4, 0.5) is 0 Å². The third-order valence-corrected chi connectivity index (χ3v) is 3.77. The summed E-state index contributed by atoms with van der Waals surface area (Å²) in [6, 6.07) is 14.9. The predicted octanol–water partition coefficient (Wildman–Crippen LogP) is 1.71. The van der Waals surface area contributed by atoms with Crippen molar-refractivity contribution < 1.29 is 10.0 Å². The standard InChI is InChI=1S/C17H18N4O2/c1-11-6-8-12(9-7-11)21-15-5-3-2-4-14(15)19-16(21)10-13(18)17(22)20-23/h2-9,13,23H,10,18H2,1H3,(H,20,22)/t13-/m0/s1. The minimum atomic E-state index is -0.874. The van der Waals surface area contributed by atoms with Gasteiger partial charge in [0.2, 0.25) is 0 Å². The lowest BCUT2D eigenvalue weighted by molar-refractivity contribution is -0.130. The Morgan fingerprint density at radius 3 is 2.65 bits per heavy atom. The molecule has 0 radical (unpaired) electrons. The van der Waals surface area contributed by atoms with Crippen molar-refractivity contribution >= 4 is 16.9 Å². The maximum Gasteiger partial charge on any atom is 0.260 e. The van der Waals surface area contributed by atoms with E-state index >= 15 is 0 Å². The van der Waals surface area contributed by atoms with Crippen molar-refractivity contribution in [3.63, 3.8) is 0 Å². The van der Waals surface area contributed by atoms with Gasteiger partial charge >= 0.3 is 0 Å². The van der Waals surface area contributed by atoms with Gasteiger partial charge in [-0.15, -0.1) is 0 Å². The Labute approximate surface area is 133 Å². The summed E-state index contributed by atoms with van der Waals surface area (Å²) in [4.78, 5) is 16.1. The Morgan fingerprint density at radius 1 is 1.26 bits per heavy atom. The molecule has 2 aromatic carbocycles. The molecule has 23 heavy (non-hydrogen) atoms. The Bertz CT molecular complexity index is 839. The molecule has 0 fully saturated rings. The van der Waals surface area contributed by atoms with E-state index in [1.165, 1.54) is 0 Å². The van der Waals surface area contributed by atoms with Gasteiger partial charge in [-0.05, 0) is 31.2 Å². The number of nitrogens with zero attached hydrogens (tertiary/aromatic N) is 2. The van der Waals surface area contributed by atoms with Crippen LogP contribution >= 0.6 is 0 Å². The van der Waals surface area contributed by atoms with E-state index in [2.05, 4.69) is 4.98 Å². The Balaban J connectivity index is 2.11. The third-order valence-electron chi connectivity index (χ3n) is 3.77. The molecular weight excluding hydrogens is 292 g/mol. The highest BCUT2D eigenvalue weighted by Gasteiger charge is 2.19. The first-order chi connectivity index (χ1) is 11.1. The molecule has 0 spiro atoms. The van der Waals surface area contributed by atoms with Crippen LogP contribution in [0.3, 0.4) is 0 Å². The van der Waals surface area contributed by atoms with Crippen molar-refractivity contribution in [2.45, 2.75) is 19.4 Å². The number of hydrogen-bond donors (Lipinski definition) is 3. The second-order valence-electron chi connectivity index (χ2n) is 5.47. The van der Waals surface area contributed by atoms with Gasteiger partial charge in [-0.3, -0.25) is 14.6 Å². The minimum absolute atomic E-state index is 0.217. The van der Waals surface area contributed by atoms with Gasteiger partial charge in [-0.25, -0.2) is 10.5 Å². The first kappa shape index (κ1) is 15.2. The molecule has 4 N–H and O–H groups in total. The number of amides is 1. The molecule has 0 aliphatic carbocycles. The summed E-state index contributed by atoms with van der Waals surface area (Å²) in [7, 11) is 0. The quantitative estimate of drug-likeness (QED) is 0.505. The number of benzene rings is 2. The average molecular weight is 310 g/mol. The van der Waals surface area contributed by atoms with Crippen LogP contribution in [-0.4, -0.2) is 26.7 Å². The number of nitrogens with one attached hydrogen (secondary N) is 1. The molecule has 6 heteroatoms. The zero-order valence-electron chi connectivity index (χ0n) is 12.7. The minimum Gasteiger partial charge on any atom is -0.319 e. The summed E-state index contributed by atoms with van der Waals surface area (Å²) >= 11 is 0. The van der Waals surface area contributed by atoms with Gasteiger partial charge in [0.05, 0.1) is 17.1 Å². The first-order valence-electron chi connectivity index (χ1n) is 7.33. The second kappa shape index (κ2) is 6.20. The Kier molecular flexibility index (Phi) is 4.10. The van der Waals surface area contributed by atoms with Gasteiger partial charge in [0, 0.05) is 12.1 Å². The normalized spacial score (nSPS) is 12.3. The number of rotatable bonds is 4. The number of hydroxylamine groups is 1. The number of hydrogen-bond acceptors (Lipinski definition) is 4. The van der Waals surface area contributed by atoms with Crippen LogP contribution < -0.4 is 11.2 Å². The molecule has 3 aromatic rings. The number of carbonyl (C=O) groups is 1. The zero-order chi connectivity index (χ0) is 16.4. The molecule has 6 nitrogen and oxygen atoms in total. The number of fused-ring (bicyclic) bond motifs is 1. The molecule has 118 valence electrons. The van der Waals surface area contributed by atoms with Crippen molar-refractivity contribution in [3.05, 3.63) is 59.9 Å². The first-order valence-corrected chi connectivity index (χ1v) is 7.33. The summed E-state index contributed by atoms with van der Waals surface area (Å²) in [5.74, 6) is 0.0404. The number of carbonyl (C=O) groups excluding carboxylic acids is 1. The number of nitrogens with two attached hydrogens (primary N) is 1. The fourth-order valence-corrected chi connectivity index (χ4v) is 2.57. The van der Waals surface area contributed by atoms with Crippen LogP contribution in [0.15, 0.2) is 48.5 Å². The average Bonchev–Trinajstić information content (AvgIpc) is 2.92. The third kappa shape index (κ3) is 2.94. The molecule has 1 aromatic heterocycles. The Hall–Kier alpha value is -2.70. The van der Waals surface area contributed by atoms with E-state index in [0.29, 0.717) is 5.82 Å². The fourth-order valence-electron chi connectivity index (χ4n) is 2.57. The van der Waals surface area contributed by atoms with E-state index in [1.54, 1.807) is 5.48 Å². The summed E-state index contributed by atoms with van der Waals surface area (Å²) in [5.41, 5.74) is 11.3. The molecule has 1 atom stereocenters. The maximum atomic E-state index is 11.5. The van der Waals surface area contributed by atoms with Crippen molar-refractivity contribution in [3.8, 4) is 5.69 Å². The number of aryl methyl sites for hydroxylation is 1. The van der Waals surface area contributed by atoms with E-state index in [0.717, 1.165) is 22.3 Å². The van der Waals surface area contributed by atoms with Gasteiger partial charge < -0.3 is 5.73 Å². The molecule has 0 aliphatic rings. The van der Waals surface area contributed by atoms with E-state index in [-0.39, 0.29) is 6.42 Å². The molecule has 0 saturated carbocycles. The van der Waals surface area contributed by atoms with Crippen LogP contribution in [0.2, 0.25) is 0 Å². The lowest BCUT2D eigenvalue weighted by Gasteiger charge is -2.12. The molecule has 3 rings (SSSR count). The fraction of sp³-hybridized carbons (Fsp3) is 0.176. The summed E-state index contributed by atoms with van der Waals surface area (Å²) < 4.78 is 1.99. The topological polar surface area (TPSA) is 93.2 Å². The summed E-state index contributed by atoms with van der Waals surface area (Å²) in [6.45, 7) is 2.03. The summed E-state index contributed by atoms with van der Waals surface area (Å²) in [5, 5.41) is 8.73. The van der Waals surface area contributed by atoms with E-state index in [9.17, 15) is 4.79 Å². The molecule has 0 saturated heterocycles. The number of imidazole rings is 1. The molecule has 1 heterocycles. The van der Waals surface area contributed by atoms with Crippen molar-refractivity contribution in [2.75, 3.05) is 0 Å². The highest BCUT2D eigenvalue weighted by molar-refractivity contribution is 5.81. The molecule has 0 aliphatic heterocycles. The largest absolute Gasteiger partial charge is 0.319 e. The predicted molar refractivity (Wildman–Crippen MR) is 87.4 cm³/mol. The number of para-hydroxylation sites is 2. The van der Waals surface area contributed by atoms with Gasteiger partial charge in [-0.1, -0.05) is 29.8 Å². The van der Waals surface area contributed by atoms with Crippen LogP contribution in [-0.2, 0) is 11.2 Å². The van der Waals surface area contributed by atoms with Gasteiger partial charge in [0.25, 0.3) is 5.91 Å².